The van der Waals surface area contributed by atoms with Gasteiger partial charge in [0.15, 0.2) is 5.65 Å². The molecule has 8 nitrogen and oxygen atoms in total. The van der Waals surface area contributed by atoms with Crippen molar-refractivity contribution >= 4 is 45.0 Å². The van der Waals surface area contributed by atoms with Crippen molar-refractivity contribution in [1.29, 1.82) is 0 Å². The molecule has 144 valence electrons. The smallest absolute Gasteiger partial charge is 0.322 e. The molecule has 0 spiro atoms. The summed E-state index contributed by atoms with van der Waals surface area (Å²) in [5.41, 5.74) is 4.24. The Hall–Kier alpha value is -3.72. The lowest BCUT2D eigenvalue weighted by Gasteiger charge is -2.09. The zero-order valence-corrected chi connectivity index (χ0v) is 16.4. The van der Waals surface area contributed by atoms with Gasteiger partial charge in [0.25, 0.3) is 5.91 Å². The highest BCUT2D eigenvalue weighted by Crippen LogP contribution is 2.30. The van der Waals surface area contributed by atoms with Gasteiger partial charge in [0.05, 0.1) is 38.2 Å². The number of H-pyrrole nitrogens is 2. The predicted octanol–water partition coefficient (Wildman–Crippen LogP) is 3.43. The molecule has 0 fully saturated rings. The number of nitrogens with one attached hydrogen (secondary N) is 3. The molecule has 4 aromatic heterocycles. The average molecular weight is 404 g/mol. The number of hydrogen-bond acceptors (Lipinski definition) is 5. The van der Waals surface area contributed by atoms with Crippen LogP contribution in [0, 0.1) is 6.92 Å². The van der Waals surface area contributed by atoms with Crippen LogP contribution in [0.2, 0.25) is 0 Å². The molecule has 5 aromatic rings. The molecule has 0 aliphatic carbocycles. The minimum absolute atomic E-state index is 0.261. The Morgan fingerprint density at radius 2 is 2.00 bits per heavy atom. The lowest BCUT2D eigenvalue weighted by Crippen LogP contribution is -2.13. The summed E-state index contributed by atoms with van der Waals surface area (Å²) in [5.74, 6) is -0.261. The number of aryl methyl sites for hydroxylation is 2. The van der Waals surface area contributed by atoms with Gasteiger partial charge in [-0.1, -0.05) is 6.07 Å². The van der Waals surface area contributed by atoms with Crippen molar-refractivity contribution < 1.29 is 4.79 Å². The van der Waals surface area contributed by atoms with Gasteiger partial charge in [-0.25, -0.2) is 9.78 Å². The molecule has 0 atom stereocenters. The largest absolute Gasteiger partial charge is 0.323 e. The van der Waals surface area contributed by atoms with Gasteiger partial charge >= 0.3 is 5.69 Å². The maximum atomic E-state index is 13.2. The van der Waals surface area contributed by atoms with Crippen LogP contribution in [0.1, 0.15) is 16.1 Å². The van der Waals surface area contributed by atoms with E-state index in [0.29, 0.717) is 27.9 Å². The van der Waals surface area contributed by atoms with E-state index in [1.54, 1.807) is 40.3 Å². The molecule has 0 radical (unpaired) electrons. The van der Waals surface area contributed by atoms with Crippen LogP contribution in [0.25, 0.3) is 32.6 Å². The van der Waals surface area contributed by atoms with Gasteiger partial charge in [0, 0.05) is 12.7 Å². The molecule has 0 bridgehead atoms. The van der Waals surface area contributed by atoms with Crippen molar-refractivity contribution in [2.45, 2.75) is 6.92 Å². The lowest BCUT2D eigenvalue weighted by molar-refractivity contribution is 0.102. The molecule has 4 heterocycles. The number of benzene rings is 1. The Morgan fingerprint density at radius 1 is 1.17 bits per heavy atom. The normalized spacial score (nSPS) is 11.4. The fourth-order valence-corrected chi connectivity index (χ4v) is 4.17. The molecule has 1 aromatic carbocycles. The second-order valence-electron chi connectivity index (χ2n) is 6.73. The molecule has 29 heavy (non-hydrogen) atoms. The van der Waals surface area contributed by atoms with Gasteiger partial charge < -0.3 is 15.3 Å². The zero-order chi connectivity index (χ0) is 20.1. The van der Waals surface area contributed by atoms with E-state index >= 15 is 0 Å². The van der Waals surface area contributed by atoms with E-state index in [-0.39, 0.29) is 11.6 Å². The number of anilines is 1. The van der Waals surface area contributed by atoms with Gasteiger partial charge in [-0.15, -0.1) is 11.3 Å². The molecule has 9 heteroatoms. The molecular weight excluding hydrogens is 388 g/mol. The van der Waals surface area contributed by atoms with E-state index in [0.717, 1.165) is 21.7 Å². The first-order valence-electron chi connectivity index (χ1n) is 8.91. The van der Waals surface area contributed by atoms with Crippen LogP contribution < -0.4 is 11.0 Å². The maximum absolute atomic E-state index is 13.2. The molecule has 0 aliphatic heterocycles. The topological polar surface area (TPSA) is 108 Å². The number of amides is 1. The van der Waals surface area contributed by atoms with E-state index in [1.165, 1.54) is 0 Å². The Bertz CT molecular complexity index is 1440. The van der Waals surface area contributed by atoms with Crippen molar-refractivity contribution in [2.24, 2.45) is 7.05 Å². The number of aromatic amines is 2. The van der Waals surface area contributed by atoms with Crippen LogP contribution in [0.4, 0.5) is 5.69 Å². The van der Waals surface area contributed by atoms with Crippen LogP contribution >= 0.6 is 11.3 Å². The van der Waals surface area contributed by atoms with Crippen molar-refractivity contribution in [3.63, 3.8) is 0 Å². The number of hydrogen-bond donors (Lipinski definition) is 3. The van der Waals surface area contributed by atoms with Gasteiger partial charge in [0.1, 0.15) is 0 Å². The second kappa shape index (κ2) is 6.42. The number of thiophene rings is 1. The van der Waals surface area contributed by atoms with Crippen LogP contribution in [-0.4, -0.2) is 30.6 Å². The fraction of sp³-hybridized carbons (Fsp3) is 0.100. The zero-order valence-electron chi connectivity index (χ0n) is 15.6. The van der Waals surface area contributed by atoms with Crippen molar-refractivity contribution in [3.8, 4) is 10.6 Å². The summed E-state index contributed by atoms with van der Waals surface area (Å²) in [6, 6.07) is 10.9. The molecule has 0 saturated heterocycles. The third-order valence-corrected chi connectivity index (χ3v) is 5.65. The first-order chi connectivity index (χ1) is 14.0. The van der Waals surface area contributed by atoms with Gasteiger partial charge in [-0.3, -0.25) is 9.48 Å². The SMILES string of the molecule is Cc1nn(C)c2nc(-c3cccs3)cc(C(=O)Nc3ccc4[nH]c(=O)[nH]c4c3)c12. The lowest BCUT2D eigenvalue weighted by atomic mass is 10.1. The standard InChI is InChI=1S/C20H16N6O2S/c1-10-17-12(9-15(16-4-3-7-29-16)22-18(17)26(2)25-10)19(27)21-11-5-6-13-14(8-11)24-20(28)23-13/h3-9H,1-2H3,(H,21,27)(H2,23,24,28). The second-order valence-corrected chi connectivity index (χ2v) is 7.68. The highest BCUT2D eigenvalue weighted by Gasteiger charge is 2.20. The number of fused-ring (bicyclic) bond motifs is 2. The number of pyridine rings is 1. The number of carbonyl (C=O) groups is 1. The Kier molecular flexibility index (Phi) is 3.85. The quantitative estimate of drug-likeness (QED) is 0.428. The Labute approximate surface area is 168 Å². The third kappa shape index (κ3) is 2.92. The number of aromatic nitrogens is 5. The summed E-state index contributed by atoms with van der Waals surface area (Å²) in [5, 5.41) is 10.1. The van der Waals surface area contributed by atoms with Gasteiger partial charge in [-0.05, 0) is 42.6 Å². The number of imidazole rings is 1. The first-order valence-corrected chi connectivity index (χ1v) is 9.79. The fourth-order valence-electron chi connectivity index (χ4n) is 3.48. The minimum Gasteiger partial charge on any atom is -0.322 e. The van der Waals surface area contributed by atoms with E-state index < -0.39 is 0 Å². The van der Waals surface area contributed by atoms with Crippen LogP contribution in [0.3, 0.4) is 0 Å². The predicted molar refractivity (Wildman–Crippen MR) is 113 cm³/mol. The monoisotopic (exact) mass is 404 g/mol. The molecular formula is C20H16N6O2S. The molecule has 0 unspecified atom stereocenters. The highest BCUT2D eigenvalue weighted by atomic mass is 32.1. The minimum atomic E-state index is -0.286. The van der Waals surface area contributed by atoms with Gasteiger partial charge in [-0.2, -0.15) is 5.10 Å². The molecule has 1 amide bonds. The van der Waals surface area contributed by atoms with Gasteiger partial charge in [0.2, 0.25) is 0 Å². The molecule has 5 rings (SSSR count). The molecule has 0 aliphatic rings. The number of nitrogens with zero attached hydrogens (tertiary/aromatic N) is 3. The Morgan fingerprint density at radius 3 is 2.79 bits per heavy atom. The van der Waals surface area contributed by atoms with Crippen LogP contribution in [-0.2, 0) is 7.05 Å². The summed E-state index contributed by atoms with van der Waals surface area (Å²) in [6.07, 6.45) is 0. The van der Waals surface area contributed by atoms with E-state index in [1.807, 2.05) is 31.5 Å². The van der Waals surface area contributed by atoms with Crippen molar-refractivity contribution in [1.82, 2.24) is 24.7 Å². The van der Waals surface area contributed by atoms with E-state index in [2.05, 4.69) is 20.4 Å². The maximum Gasteiger partial charge on any atom is 0.323 e. The van der Waals surface area contributed by atoms with Crippen LogP contribution in [0.15, 0.2) is 46.6 Å². The highest BCUT2D eigenvalue weighted by molar-refractivity contribution is 7.13. The number of carbonyl (C=O) groups excluding carboxylic acids is 1. The molecule has 3 N–H and O–H groups in total. The van der Waals surface area contributed by atoms with E-state index in [4.69, 9.17) is 4.98 Å². The van der Waals surface area contributed by atoms with E-state index in [9.17, 15) is 9.59 Å². The van der Waals surface area contributed by atoms with Crippen LogP contribution in [0.5, 0.6) is 0 Å². The first kappa shape index (κ1) is 17.4. The van der Waals surface area contributed by atoms with Crippen molar-refractivity contribution in [3.05, 3.63) is 63.5 Å². The third-order valence-electron chi connectivity index (χ3n) is 4.76. The summed E-state index contributed by atoms with van der Waals surface area (Å²) in [6.45, 7) is 1.86. The summed E-state index contributed by atoms with van der Waals surface area (Å²) in [4.78, 5) is 35.7. The summed E-state index contributed by atoms with van der Waals surface area (Å²) in [7, 11) is 1.82. The summed E-state index contributed by atoms with van der Waals surface area (Å²) < 4.78 is 1.69. The number of rotatable bonds is 3. The average Bonchev–Trinajstić information content (AvgIpc) is 3.40. The molecule has 0 saturated carbocycles. The van der Waals surface area contributed by atoms with Crippen molar-refractivity contribution in [2.75, 3.05) is 5.32 Å². The summed E-state index contributed by atoms with van der Waals surface area (Å²) >= 11 is 1.56. The Balaban J connectivity index is 1.62.